The van der Waals surface area contributed by atoms with Gasteiger partial charge < -0.3 is 10.1 Å². The highest BCUT2D eigenvalue weighted by Gasteiger charge is 2.20. The van der Waals surface area contributed by atoms with Crippen molar-refractivity contribution < 1.29 is 14.3 Å². The summed E-state index contributed by atoms with van der Waals surface area (Å²) in [5.41, 5.74) is 1.60. The van der Waals surface area contributed by atoms with Crippen molar-refractivity contribution in [3.63, 3.8) is 0 Å². The average Bonchev–Trinajstić information content (AvgIpc) is 3.25. The van der Waals surface area contributed by atoms with E-state index in [1.807, 2.05) is 23.6 Å². The molecule has 118 valence electrons. The van der Waals surface area contributed by atoms with Crippen LogP contribution in [-0.2, 0) is 0 Å². The van der Waals surface area contributed by atoms with Crippen LogP contribution < -0.4 is 0 Å². The number of phenols is 1. The molecule has 24 heavy (non-hydrogen) atoms. The first-order valence-corrected chi connectivity index (χ1v) is 8.06. The van der Waals surface area contributed by atoms with E-state index in [-0.39, 0.29) is 5.56 Å². The maximum atomic E-state index is 14.1. The van der Waals surface area contributed by atoms with Crippen LogP contribution in [0.4, 0.5) is 4.39 Å². The van der Waals surface area contributed by atoms with Crippen molar-refractivity contribution in [2.45, 2.75) is 0 Å². The molecule has 3 aromatic heterocycles. The Morgan fingerprint density at radius 2 is 2.08 bits per heavy atom. The number of halogens is 1. The topological polar surface area (TPSA) is 66.0 Å². The number of carbonyl (C=O) groups excluding carboxylic acids is 1. The predicted molar refractivity (Wildman–Crippen MR) is 90.9 cm³/mol. The molecule has 2 N–H and O–H groups in total. The Balaban J connectivity index is 1.86. The molecule has 4 rings (SSSR count). The van der Waals surface area contributed by atoms with Gasteiger partial charge in [0.05, 0.1) is 5.56 Å². The number of thiophene rings is 1. The van der Waals surface area contributed by atoms with E-state index in [4.69, 9.17) is 0 Å². The lowest BCUT2D eigenvalue weighted by atomic mass is 10.0. The molecule has 0 fully saturated rings. The van der Waals surface area contributed by atoms with Crippen LogP contribution in [0.25, 0.3) is 21.5 Å². The lowest BCUT2D eigenvalue weighted by Gasteiger charge is -2.04. The van der Waals surface area contributed by atoms with Crippen molar-refractivity contribution in [1.82, 2.24) is 9.97 Å². The lowest BCUT2D eigenvalue weighted by molar-refractivity contribution is 0.103. The molecule has 0 amide bonds. The number of phenolic OH excluding ortho intramolecular Hbond substituents is 1. The largest absolute Gasteiger partial charge is 0.505 e. The summed E-state index contributed by atoms with van der Waals surface area (Å²) >= 11 is 1.57. The highest BCUT2D eigenvalue weighted by Crippen LogP contribution is 2.29. The van der Waals surface area contributed by atoms with Gasteiger partial charge in [0.15, 0.2) is 17.3 Å². The number of nitrogens with one attached hydrogen (secondary N) is 1. The number of fused-ring (bicyclic) bond motifs is 1. The van der Waals surface area contributed by atoms with Gasteiger partial charge in [0.2, 0.25) is 0 Å². The normalized spacial score (nSPS) is 11.0. The number of nitrogens with zero attached hydrogens (tertiary/aromatic N) is 1. The Morgan fingerprint density at radius 3 is 2.88 bits per heavy atom. The standard InChI is InChI=1S/C18H11FN2O2S/c19-16-11(3-1-4-14(16)22)17(23)13-9-21-18-12(13)7-10(8-20-18)15-5-2-6-24-15/h1-9,22H,(H,20,21). The van der Waals surface area contributed by atoms with E-state index in [1.54, 1.807) is 17.5 Å². The van der Waals surface area contributed by atoms with Gasteiger partial charge >= 0.3 is 0 Å². The van der Waals surface area contributed by atoms with Gasteiger partial charge in [-0.2, -0.15) is 0 Å². The third-order valence-electron chi connectivity index (χ3n) is 3.80. The molecular formula is C18H11FN2O2S. The molecule has 0 spiro atoms. The summed E-state index contributed by atoms with van der Waals surface area (Å²) in [5.74, 6) is -1.96. The summed E-state index contributed by atoms with van der Waals surface area (Å²) < 4.78 is 14.1. The Bertz CT molecular complexity index is 1050. The van der Waals surface area contributed by atoms with Gasteiger partial charge in [-0.05, 0) is 29.6 Å². The van der Waals surface area contributed by atoms with Crippen LogP contribution in [0.15, 0.2) is 54.2 Å². The second kappa shape index (κ2) is 5.58. The van der Waals surface area contributed by atoms with E-state index in [0.29, 0.717) is 16.6 Å². The molecule has 4 aromatic rings. The van der Waals surface area contributed by atoms with Crippen LogP contribution >= 0.6 is 11.3 Å². The van der Waals surface area contributed by atoms with Crippen molar-refractivity contribution in [2.75, 3.05) is 0 Å². The number of H-pyrrole nitrogens is 1. The van der Waals surface area contributed by atoms with Gasteiger partial charge in [0.1, 0.15) is 5.65 Å². The number of rotatable bonds is 3. The van der Waals surface area contributed by atoms with Gasteiger partial charge in [0, 0.05) is 33.8 Å². The minimum atomic E-state index is -0.917. The van der Waals surface area contributed by atoms with Crippen molar-refractivity contribution in [1.29, 1.82) is 0 Å². The number of benzene rings is 1. The Labute approximate surface area is 140 Å². The maximum Gasteiger partial charge on any atom is 0.198 e. The molecule has 1 aromatic carbocycles. The number of hydrogen-bond donors (Lipinski definition) is 2. The summed E-state index contributed by atoms with van der Waals surface area (Å²) in [6.45, 7) is 0. The van der Waals surface area contributed by atoms with Crippen LogP contribution in [-0.4, -0.2) is 20.9 Å². The van der Waals surface area contributed by atoms with Crippen molar-refractivity contribution in [3.8, 4) is 16.2 Å². The zero-order valence-electron chi connectivity index (χ0n) is 12.3. The zero-order chi connectivity index (χ0) is 16.7. The van der Waals surface area contributed by atoms with Crippen LogP contribution in [0.5, 0.6) is 5.75 Å². The van der Waals surface area contributed by atoms with Crippen molar-refractivity contribution in [3.05, 3.63) is 71.1 Å². The zero-order valence-corrected chi connectivity index (χ0v) is 13.1. The van der Waals surface area contributed by atoms with E-state index in [2.05, 4.69) is 9.97 Å². The molecule has 0 aliphatic carbocycles. The summed E-state index contributed by atoms with van der Waals surface area (Å²) in [6, 6.07) is 9.77. The Hall–Kier alpha value is -2.99. The summed E-state index contributed by atoms with van der Waals surface area (Å²) in [4.78, 5) is 21.0. The van der Waals surface area contributed by atoms with Crippen LogP contribution in [0, 0.1) is 5.82 Å². The fraction of sp³-hybridized carbons (Fsp3) is 0. The molecule has 0 saturated carbocycles. The van der Waals surface area contributed by atoms with E-state index in [9.17, 15) is 14.3 Å². The number of aromatic amines is 1. The maximum absolute atomic E-state index is 14.1. The second-order valence-corrected chi connectivity index (χ2v) is 6.22. The minimum absolute atomic E-state index is 0.169. The molecule has 3 heterocycles. The summed E-state index contributed by atoms with van der Waals surface area (Å²) in [5, 5.41) is 12.1. The number of pyridine rings is 1. The first-order chi connectivity index (χ1) is 11.6. The number of ketones is 1. The van der Waals surface area contributed by atoms with Gasteiger partial charge in [-0.25, -0.2) is 9.37 Å². The van der Waals surface area contributed by atoms with Gasteiger partial charge in [0.25, 0.3) is 0 Å². The van der Waals surface area contributed by atoms with Crippen molar-refractivity contribution >= 4 is 28.2 Å². The molecule has 0 saturated heterocycles. The smallest absolute Gasteiger partial charge is 0.198 e. The molecule has 0 aliphatic rings. The lowest BCUT2D eigenvalue weighted by Crippen LogP contribution is -2.03. The third kappa shape index (κ3) is 2.28. The summed E-state index contributed by atoms with van der Waals surface area (Å²) in [6.07, 6.45) is 3.25. The first-order valence-electron chi connectivity index (χ1n) is 7.18. The Kier molecular flexibility index (Phi) is 3.39. The SMILES string of the molecule is O=C(c1cccc(O)c1F)c1c[nH]c2ncc(-c3cccs3)cc12. The predicted octanol–water partition coefficient (Wildman–Crippen LogP) is 4.37. The molecular weight excluding hydrogens is 327 g/mol. The van der Waals surface area contributed by atoms with Crippen LogP contribution in [0.3, 0.4) is 0 Å². The molecule has 0 bridgehead atoms. The second-order valence-electron chi connectivity index (χ2n) is 5.27. The van der Waals surface area contributed by atoms with E-state index in [1.165, 1.54) is 24.4 Å². The molecule has 0 radical (unpaired) electrons. The van der Waals surface area contributed by atoms with E-state index in [0.717, 1.165) is 10.4 Å². The van der Waals surface area contributed by atoms with E-state index >= 15 is 0 Å². The Morgan fingerprint density at radius 1 is 1.21 bits per heavy atom. The molecule has 4 nitrogen and oxygen atoms in total. The average molecular weight is 338 g/mol. The minimum Gasteiger partial charge on any atom is -0.505 e. The summed E-state index contributed by atoms with van der Waals surface area (Å²) in [7, 11) is 0. The molecule has 0 aliphatic heterocycles. The fourth-order valence-corrected chi connectivity index (χ4v) is 3.32. The number of aromatic hydroxyl groups is 1. The first kappa shape index (κ1) is 14.6. The number of hydrogen-bond acceptors (Lipinski definition) is 4. The monoisotopic (exact) mass is 338 g/mol. The molecule has 0 atom stereocenters. The van der Waals surface area contributed by atoms with E-state index < -0.39 is 17.3 Å². The number of aromatic nitrogens is 2. The quantitative estimate of drug-likeness (QED) is 0.545. The highest BCUT2D eigenvalue weighted by atomic mass is 32.1. The van der Waals surface area contributed by atoms with Crippen molar-refractivity contribution in [2.24, 2.45) is 0 Å². The van der Waals surface area contributed by atoms with Gasteiger partial charge in [-0.15, -0.1) is 11.3 Å². The van der Waals surface area contributed by atoms with Crippen LogP contribution in [0.2, 0.25) is 0 Å². The molecule has 6 heteroatoms. The number of carbonyl (C=O) groups is 1. The highest BCUT2D eigenvalue weighted by molar-refractivity contribution is 7.13. The third-order valence-corrected chi connectivity index (χ3v) is 4.72. The molecule has 0 unspecified atom stereocenters. The fourth-order valence-electron chi connectivity index (χ4n) is 2.61. The van der Waals surface area contributed by atoms with Gasteiger partial charge in [-0.1, -0.05) is 12.1 Å². The van der Waals surface area contributed by atoms with Gasteiger partial charge in [-0.3, -0.25) is 4.79 Å². The van der Waals surface area contributed by atoms with Crippen LogP contribution in [0.1, 0.15) is 15.9 Å².